The van der Waals surface area contributed by atoms with Crippen LogP contribution in [0.15, 0.2) is 0 Å². The van der Waals surface area contributed by atoms with Gasteiger partial charge >= 0.3 is 5.97 Å². The van der Waals surface area contributed by atoms with E-state index in [9.17, 15) is 9.59 Å². The first-order valence-electron chi connectivity index (χ1n) is 5.80. The highest BCUT2D eigenvalue weighted by molar-refractivity contribution is 5.82. The summed E-state index contributed by atoms with van der Waals surface area (Å²) in [5.41, 5.74) is -0.438. The molecule has 0 aliphatic rings. The van der Waals surface area contributed by atoms with Crippen molar-refractivity contribution in [3.63, 3.8) is 0 Å². The van der Waals surface area contributed by atoms with Gasteiger partial charge in [0.2, 0.25) is 5.91 Å². The van der Waals surface area contributed by atoms with Crippen molar-refractivity contribution in [3.05, 3.63) is 0 Å². The van der Waals surface area contributed by atoms with Crippen LogP contribution in [0.5, 0.6) is 0 Å². The molecule has 0 heterocycles. The maximum atomic E-state index is 12.0. The summed E-state index contributed by atoms with van der Waals surface area (Å²) in [7, 11) is 0. The predicted molar refractivity (Wildman–Crippen MR) is 63.2 cm³/mol. The van der Waals surface area contributed by atoms with Gasteiger partial charge in [-0.05, 0) is 6.42 Å². The fraction of sp³-hybridized carbons (Fsp3) is 0.833. The molecule has 0 aliphatic heterocycles. The van der Waals surface area contributed by atoms with Gasteiger partial charge in [0.05, 0.1) is 6.42 Å². The smallest absolute Gasteiger partial charge is 0.305 e. The molecule has 0 rings (SSSR count). The standard InChI is InChI=1S/C12H23NO3/c1-5-6-8-13(9-7-10(14)15)11(16)12(2,3)4/h5-9H2,1-4H3,(H,14,15). The maximum Gasteiger partial charge on any atom is 0.305 e. The fourth-order valence-corrected chi connectivity index (χ4v) is 1.37. The minimum Gasteiger partial charge on any atom is -0.481 e. The van der Waals surface area contributed by atoms with Gasteiger partial charge < -0.3 is 10.0 Å². The second-order valence-corrected chi connectivity index (χ2v) is 5.04. The molecule has 4 nitrogen and oxygen atoms in total. The Balaban J connectivity index is 4.41. The van der Waals surface area contributed by atoms with E-state index in [0.717, 1.165) is 12.8 Å². The van der Waals surface area contributed by atoms with Crippen LogP contribution in [0, 0.1) is 5.41 Å². The zero-order valence-corrected chi connectivity index (χ0v) is 10.7. The molecule has 0 aromatic rings. The number of nitrogens with zero attached hydrogens (tertiary/aromatic N) is 1. The molecular weight excluding hydrogens is 206 g/mol. The van der Waals surface area contributed by atoms with Crippen molar-refractivity contribution in [2.75, 3.05) is 13.1 Å². The lowest BCUT2D eigenvalue weighted by Crippen LogP contribution is -2.41. The Hall–Kier alpha value is -1.06. The highest BCUT2D eigenvalue weighted by Crippen LogP contribution is 2.18. The highest BCUT2D eigenvalue weighted by Gasteiger charge is 2.26. The predicted octanol–water partition coefficient (Wildman–Crippen LogP) is 2.14. The minimum atomic E-state index is -0.858. The van der Waals surface area contributed by atoms with E-state index in [2.05, 4.69) is 6.92 Å². The molecule has 0 atom stereocenters. The van der Waals surface area contributed by atoms with Crippen molar-refractivity contribution < 1.29 is 14.7 Å². The molecule has 0 spiro atoms. The number of hydrogen-bond donors (Lipinski definition) is 1. The normalized spacial score (nSPS) is 11.2. The van der Waals surface area contributed by atoms with Crippen molar-refractivity contribution in [1.82, 2.24) is 4.90 Å². The topological polar surface area (TPSA) is 57.6 Å². The van der Waals surface area contributed by atoms with Crippen molar-refractivity contribution in [2.24, 2.45) is 5.41 Å². The van der Waals surface area contributed by atoms with Crippen LogP contribution in [-0.2, 0) is 9.59 Å². The molecule has 1 amide bonds. The van der Waals surface area contributed by atoms with E-state index in [0.29, 0.717) is 13.1 Å². The van der Waals surface area contributed by atoms with E-state index >= 15 is 0 Å². The van der Waals surface area contributed by atoms with E-state index in [-0.39, 0.29) is 12.3 Å². The van der Waals surface area contributed by atoms with Gasteiger partial charge in [-0.15, -0.1) is 0 Å². The van der Waals surface area contributed by atoms with Gasteiger partial charge in [-0.2, -0.15) is 0 Å². The minimum absolute atomic E-state index is 0.0194. The quantitative estimate of drug-likeness (QED) is 0.759. The number of carbonyl (C=O) groups is 2. The Kier molecular flexibility index (Phi) is 6.08. The van der Waals surface area contributed by atoms with Gasteiger partial charge in [0, 0.05) is 18.5 Å². The molecule has 94 valence electrons. The fourth-order valence-electron chi connectivity index (χ4n) is 1.37. The monoisotopic (exact) mass is 229 g/mol. The van der Waals surface area contributed by atoms with Crippen LogP contribution >= 0.6 is 0 Å². The number of aliphatic carboxylic acids is 1. The van der Waals surface area contributed by atoms with Crippen molar-refractivity contribution in [3.8, 4) is 0 Å². The average molecular weight is 229 g/mol. The lowest BCUT2D eigenvalue weighted by Gasteiger charge is -2.29. The largest absolute Gasteiger partial charge is 0.481 e. The molecule has 0 radical (unpaired) electrons. The highest BCUT2D eigenvalue weighted by atomic mass is 16.4. The first-order chi connectivity index (χ1) is 7.29. The lowest BCUT2D eigenvalue weighted by atomic mass is 9.94. The van der Waals surface area contributed by atoms with E-state index in [1.165, 1.54) is 0 Å². The van der Waals surface area contributed by atoms with E-state index in [1.807, 2.05) is 20.8 Å². The van der Waals surface area contributed by atoms with Crippen LogP contribution in [0.3, 0.4) is 0 Å². The first-order valence-corrected chi connectivity index (χ1v) is 5.80. The third kappa shape index (κ3) is 5.73. The van der Waals surface area contributed by atoms with E-state index < -0.39 is 11.4 Å². The molecule has 0 aromatic carbocycles. The van der Waals surface area contributed by atoms with Crippen LogP contribution < -0.4 is 0 Å². The molecule has 0 unspecified atom stereocenters. The van der Waals surface area contributed by atoms with Gasteiger partial charge in [-0.1, -0.05) is 34.1 Å². The number of rotatable bonds is 6. The van der Waals surface area contributed by atoms with Crippen LogP contribution in [0.2, 0.25) is 0 Å². The summed E-state index contributed by atoms with van der Waals surface area (Å²) in [6.45, 7) is 8.58. The summed E-state index contributed by atoms with van der Waals surface area (Å²) in [5, 5.41) is 8.63. The van der Waals surface area contributed by atoms with Gasteiger partial charge in [0.15, 0.2) is 0 Å². The molecule has 0 fully saturated rings. The summed E-state index contributed by atoms with van der Waals surface area (Å²) >= 11 is 0. The summed E-state index contributed by atoms with van der Waals surface area (Å²) in [6.07, 6.45) is 1.94. The number of unbranched alkanes of at least 4 members (excludes halogenated alkanes) is 1. The van der Waals surface area contributed by atoms with Gasteiger partial charge in [-0.25, -0.2) is 0 Å². The van der Waals surface area contributed by atoms with Crippen LogP contribution in [0.4, 0.5) is 0 Å². The van der Waals surface area contributed by atoms with Gasteiger partial charge in [0.25, 0.3) is 0 Å². The Morgan fingerprint density at radius 1 is 1.19 bits per heavy atom. The summed E-state index contributed by atoms with van der Waals surface area (Å²) in [4.78, 5) is 24.2. The second kappa shape index (κ2) is 6.51. The molecule has 4 heteroatoms. The number of hydrogen-bond acceptors (Lipinski definition) is 2. The third-order valence-corrected chi connectivity index (χ3v) is 2.31. The summed E-state index contributed by atoms with van der Waals surface area (Å²) < 4.78 is 0. The molecule has 0 bridgehead atoms. The second-order valence-electron chi connectivity index (χ2n) is 5.04. The SMILES string of the molecule is CCCCN(CCC(=O)O)C(=O)C(C)(C)C. The van der Waals surface area contributed by atoms with Crippen LogP contribution in [0.25, 0.3) is 0 Å². The zero-order chi connectivity index (χ0) is 12.8. The molecule has 16 heavy (non-hydrogen) atoms. The third-order valence-electron chi connectivity index (χ3n) is 2.31. The van der Waals surface area contributed by atoms with Crippen molar-refractivity contribution in [2.45, 2.75) is 47.0 Å². The number of carboxylic acids is 1. The van der Waals surface area contributed by atoms with Gasteiger partial charge in [-0.3, -0.25) is 9.59 Å². The maximum absolute atomic E-state index is 12.0. The Bertz CT molecular complexity index is 243. The molecular formula is C12H23NO3. The molecule has 0 saturated carbocycles. The number of amides is 1. The summed E-state index contributed by atoms with van der Waals surface area (Å²) in [6, 6.07) is 0. The van der Waals surface area contributed by atoms with Crippen molar-refractivity contribution >= 4 is 11.9 Å². The number of carboxylic acid groups (broad SMARTS) is 1. The average Bonchev–Trinajstić information content (AvgIpc) is 2.15. The van der Waals surface area contributed by atoms with E-state index in [1.54, 1.807) is 4.90 Å². The van der Waals surface area contributed by atoms with Crippen LogP contribution in [0.1, 0.15) is 47.0 Å². The van der Waals surface area contributed by atoms with Gasteiger partial charge in [0.1, 0.15) is 0 Å². The van der Waals surface area contributed by atoms with Crippen LogP contribution in [-0.4, -0.2) is 35.0 Å². The lowest BCUT2D eigenvalue weighted by molar-refractivity contribution is -0.142. The van der Waals surface area contributed by atoms with Crippen molar-refractivity contribution in [1.29, 1.82) is 0 Å². The molecule has 0 saturated heterocycles. The Morgan fingerprint density at radius 2 is 1.75 bits per heavy atom. The molecule has 0 aliphatic carbocycles. The summed E-state index contributed by atoms with van der Waals surface area (Å²) in [5.74, 6) is -0.828. The molecule has 1 N–H and O–H groups in total. The zero-order valence-electron chi connectivity index (χ0n) is 10.7. The Morgan fingerprint density at radius 3 is 2.12 bits per heavy atom. The first kappa shape index (κ1) is 14.9. The Labute approximate surface area is 97.6 Å². The number of carbonyl (C=O) groups excluding carboxylic acids is 1. The molecule has 0 aromatic heterocycles. The van der Waals surface area contributed by atoms with E-state index in [4.69, 9.17) is 5.11 Å².